The van der Waals surface area contributed by atoms with E-state index in [9.17, 15) is 15.0 Å². The molecule has 2 N–H and O–H groups in total. The third-order valence-electron chi connectivity index (χ3n) is 4.64. The minimum absolute atomic E-state index is 0.157. The van der Waals surface area contributed by atoms with Crippen molar-refractivity contribution in [3.05, 3.63) is 68.1 Å². The van der Waals surface area contributed by atoms with Gasteiger partial charge in [-0.05, 0) is 62.7 Å². The van der Waals surface area contributed by atoms with Crippen LogP contribution in [-0.4, -0.2) is 16.2 Å². The number of aromatic carboxylic acids is 1. The second-order valence-corrected chi connectivity index (χ2v) is 9.23. The van der Waals surface area contributed by atoms with Crippen molar-refractivity contribution in [3.8, 4) is 11.1 Å². The number of hydrogen-bond donors (Lipinski definition) is 2. The molecule has 0 bridgehead atoms. The molecule has 0 saturated carbocycles. The van der Waals surface area contributed by atoms with Gasteiger partial charge in [-0.15, -0.1) is 0 Å². The highest BCUT2D eigenvalue weighted by Crippen LogP contribution is 2.41. The molecular weight excluding hydrogens is 472 g/mol. The Morgan fingerprint density at radius 1 is 0.963 bits per heavy atom. The summed E-state index contributed by atoms with van der Waals surface area (Å²) in [6.45, 7) is 5.82. The predicted octanol–water partition coefficient (Wildman–Crippen LogP) is 6.52. The van der Waals surface area contributed by atoms with Crippen molar-refractivity contribution >= 4 is 48.6 Å². The van der Waals surface area contributed by atoms with Crippen molar-refractivity contribution in [2.45, 2.75) is 32.8 Å². The number of benzene rings is 3. The molecule has 0 fully saturated rings. The zero-order valence-electron chi connectivity index (χ0n) is 15.3. The van der Waals surface area contributed by atoms with Crippen molar-refractivity contribution in [1.82, 2.24) is 0 Å². The Hall–Kier alpha value is -1.69. The van der Waals surface area contributed by atoms with E-state index >= 15 is 0 Å². The molecule has 0 amide bonds. The number of carboxylic acid groups (broad SMARTS) is 1. The lowest BCUT2D eigenvalue weighted by molar-refractivity contribution is 0.0694. The molecule has 0 aromatic heterocycles. The molecular formula is C22H20Br2O3. The number of carboxylic acids is 1. The fraction of sp³-hybridized carbons (Fsp3) is 0.227. The molecule has 3 aromatic carbocycles. The van der Waals surface area contributed by atoms with E-state index in [1.165, 1.54) is 0 Å². The Morgan fingerprint density at radius 3 is 2.15 bits per heavy atom. The first-order valence-electron chi connectivity index (χ1n) is 8.53. The maximum absolute atomic E-state index is 11.9. The van der Waals surface area contributed by atoms with Gasteiger partial charge < -0.3 is 10.2 Å². The third kappa shape index (κ3) is 3.68. The van der Waals surface area contributed by atoms with Crippen LogP contribution in [0.2, 0.25) is 0 Å². The number of fused-ring (bicyclic) bond motifs is 1. The van der Waals surface area contributed by atoms with Crippen LogP contribution in [0.3, 0.4) is 0 Å². The maximum Gasteiger partial charge on any atom is 0.336 e. The SMILES string of the molecule is CC(C)(C)c1c(C(=O)O)ccc(CO)c1-c1ccc2c(Br)ccc(Br)c2c1. The number of aliphatic hydroxyl groups is 1. The second kappa shape index (κ2) is 7.38. The van der Waals surface area contributed by atoms with Crippen LogP contribution in [0, 0.1) is 0 Å². The number of rotatable bonds is 3. The quantitative estimate of drug-likeness (QED) is 0.438. The number of hydrogen-bond acceptors (Lipinski definition) is 2. The van der Waals surface area contributed by atoms with E-state index in [4.69, 9.17) is 0 Å². The summed E-state index contributed by atoms with van der Waals surface area (Å²) < 4.78 is 1.95. The molecule has 0 spiro atoms. The van der Waals surface area contributed by atoms with E-state index < -0.39 is 11.4 Å². The minimum atomic E-state index is -0.963. The monoisotopic (exact) mass is 490 g/mol. The Bertz CT molecular complexity index is 1050. The van der Waals surface area contributed by atoms with Crippen LogP contribution >= 0.6 is 31.9 Å². The highest BCUT2D eigenvalue weighted by molar-refractivity contribution is 9.11. The number of halogens is 2. The summed E-state index contributed by atoms with van der Waals surface area (Å²) in [4.78, 5) is 11.9. The van der Waals surface area contributed by atoms with Gasteiger partial charge >= 0.3 is 5.97 Å². The van der Waals surface area contributed by atoms with Crippen molar-refractivity contribution < 1.29 is 15.0 Å². The molecule has 140 valence electrons. The standard InChI is InChI=1S/C22H20Br2O3/c1-22(2,3)20-15(21(26)27)7-5-13(11-25)19(20)12-4-6-14-16(10-12)18(24)9-8-17(14)23/h4-10,25H,11H2,1-3H3,(H,26,27). The normalized spacial score (nSPS) is 11.8. The van der Waals surface area contributed by atoms with Gasteiger partial charge in [-0.1, -0.05) is 70.8 Å². The first-order valence-corrected chi connectivity index (χ1v) is 10.1. The van der Waals surface area contributed by atoms with E-state index in [0.717, 1.165) is 42.0 Å². The van der Waals surface area contributed by atoms with Crippen LogP contribution in [0.1, 0.15) is 42.3 Å². The molecule has 27 heavy (non-hydrogen) atoms. The van der Waals surface area contributed by atoms with Crippen LogP contribution in [0.25, 0.3) is 21.9 Å². The fourth-order valence-electron chi connectivity index (χ4n) is 3.50. The van der Waals surface area contributed by atoms with Crippen LogP contribution in [0.4, 0.5) is 0 Å². The van der Waals surface area contributed by atoms with Gasteiger partial charge in [0, 0.05) is 8.95 Å². The summed E-state index contributed by atoms with van der Waals surface area (Å²) >= 11 is 7.18. The zero-order valence-corrected chi connectivity index (χ0v) is 18.5. The first-order chi connectivity index (χ1) is 12.6. The Balaban J connectivity index is 2.43. The minimum Gasteiger partial charge on any atom is -0.478 e. The van der Waals surface area contributed by atoms with Gasteiger partial charge in [0.1, 0.15) is 0 Å². The van der Waals surface area contributed by atoms with Crippen LogP contribution in [-0.2, 0) is 12.0 Å². The van der Waals surface area contributed by atoms with E-state index in [1.54, 1.807) is 12.1 Å². The number of carbonyl (C=O) groups is 1. The van der Waals surface area contributed by atoms with E-state index in [1.807, 2.05) is 51.1 Å². The van der Waals surface area contributed by atoms with Gasteiger partial charge in [-0.25, -0.2) is 4.79 Å². The zero-order chi connectivity index (χ0) is 19.9. The van der Waals surface area contributed by atoms with Gasteiger partial charge in [0.2, 0.25) is 0 Å². The van der Waals surface area contributed by atoms with E-state index in [0.29, 0.717) is 0 Å². The fourth-order valence-corrected chi connectivity index (χ4v) is 4.43. The molecule has 3 rings (SSSR count). The molecule has 0 aliphatic heterocycles. The highest BCUT2D eigenvalue weighted by Gasteiger charge is 2.27. The topological polar surface area (TPSA) is 57.5 Å². The van der Waals surface area contributed by atoms with Crippen molar-refractivity contribution in [2.24, 2.45) is 0 Å². The highest BCUT2D eigenvalue weighted by atomic mass is 79.9. The first kappa shape index (κ1) is 20.1. The lowest BCUT2D eigenvalue weighted by Gasteiger charge is -2.27. The van der Waals surface area contributed by atoms with Crippen LogP contribution in [0.5, 0.6) is 0 Å². The molecule has 0 saturated heterocycles. The predicted molar refractivity (Wildman–Crippen MR) is 116 cm³/mol. The van der Waals surface area contributed by atoms with Crippen LogP contribution in [0.15, 0.2) is 51.4 Å². The summed E-state index contributed by atoms with van der Waals surface area (Å²) in [5, 5.41) is 21.8. The summed E-state index contributed by atoms with van der Waals surface area (Å²) in [5.74, 6) is -0.963. The molecule has 0 aliphatic rings. The Kier molecular flexibility index (Phi) is 5.48. The van der Waals surface area contributed by atoms with Crippen molar-refractivity contribution in [3.63, 3.8) is 0 Å². The Morgan fingerprint density at radius 2 is 1.59 bits per heavy atom. The molecule has 3 aromatic rings. The molecule has 5 heteroatoms. The van der Waals surface area contributed by atoms with E-state index in [-0.39, 0.29) is 12.2 Å². The molecule has 0 unspecified atom stereocenters. The van der Waals surface area contributed by atoms with Gasteiger partial charge in [-0.2, -0.15) is 0 Å². The third-order valence-corrected chi connectivity index (χ3v) is 6.02. The smallest absolute Gasteiger partial charge is 0.336 e. The second-order valence-electron chi connectivity index (χ2n) is 7.53. The molecule has 0 atom stereocenters. The number of aliphatic hydroxyl groups excluding tert-OH is 1. The van der Waals surface area contributed by atoms with Gasteiger partial charge in [-0.3, -0.25) is 0 Å². The van der Waals surface area contributed by atoms with Crippen molar-refractivity contribution in [2.75, 3.05) is 0 Å². The average molecular weight is 492 g/mol. The van der Waals surface area contributed by atoms with Gasteiger partial charge in [0.25, 0.3) is 0 Å². The maximum atomic E-state index is 11.9. The average Bonchev–Trinajstić information content (AvgIpc) is 2.62. The van der Waals surface area contributed by atoms with Crippen molar-refractivity contribution in [1.29, 1.82) is 0 Å². The largest absolute Gasteiger partial charge is 0.478 e. The lowest BCUT2D eigenvalue weighted by atomic mass is 9.77. The summed E-state index contributed by atoms with van der Waals surface area (Å²) in [7, 11) is 0. The van der Waals surface area contributed by atoms with Gasteiger partial charge in [0.15, 0.2) is 0 Å². The van der Waals surface area contributed by atoms with Gasteiger partial charge in [0.05, 0.1) is 12.2 Å². The van der Waals surface area contributed by atoms with Crippen LogP contribution < -0.4 is 0 Å². The molecule has 3 nitrogen and oxygen atoms in total. The molecule has 0 heterocycles. The summed E-state index contributed by atoms with van der Waals surface area (Å²) in [6, 6.07) is 13.3. The molecule has 0 radical (unpaired) electrons. The summed E-state index contributed by atoms with van der Waals surface area (Å²) in [6.07, 6.45) is 0. The lowest BCUT2D eigenvalue weighted by Crippen LogP contribution is -2.19. The Labute approximate surface area is 175 Å². The van der Waals surface area contributed by atoms with E-state index in [2.05, 4.69) is 31.9 Å². The molecule has 0 aliphatic carbocycles. The summed E-state index contributed by atoms with van der Waals surface area (Å²) in [5.41, 5.74) is 2.99.